The molecule has 3 nitrogen and oxygen atoms in total. The predicted molar refractivity (Wildman–Crippen MR) is 78.7 cm³/mol. The van der Waals surface area contributed by atoms with E-state index in [4.69, 9.17) is 16.7 Å². The zero-order chi connectivity index (χ0) is 13.9. The third-order valence-electron chi connectivity index (χ3n) is 2.84. The number of hydrogen-bond acceptors (Lipinski definition) is 3. The molecular weight excluding hydrogens is 268 g/mol. The Morgan fingerprint density at radius 1 is 1.61 bits per heavy atom. The van der Waals surface area contributed by atoms with Crippen molar-refractivity contribution < 1.29 is 4.55 Å². The second kappa shape index (κ2) is 6.06. The number of aromatic nitrogens is 1. The molecule has 1 heterocycles. The highest BCUT2D eigenvalue weighted by atomic mass is 35.5. The summed E-state index contributed by atoms with van der Waals surface area (Å²) >= 11 is 4.52. The number of rotatable bonds is 4. The van der Waals surface area contributed by atoms with E-state index in [0.717, 1.165) is 23.1 Å². The van der Waals surface area contributed by atoms with Gasteiger partial charge in [0, 0.05) is 17.6 Å². The molecule has 0 fully saturated rings. The van der Waals surface area contributed by atoms with E-state index in [1.807, 2.05) is 32.9 Å². The first kappa shape index (κ1) is 15.5. The van der Waals surface area contributed by atoms with Crippen LogP contribution in [-0.4, -0.2) is 14.3 Å². The van der Waals surface area contributed by atoms with Crippen LogP contribution in [0.5, 0.6) is 0 Å². The van der Waals surface area contributed by atoms with E-state index < -0.39 is 16.1 Å². The van der Waals surface area contributed by atoms with Crippen molar-refractivity contribution in [2.75, 3.05) is 0 Å². The van der Waals surface area contributed by atoms with Crippen molar-refractivity contribution in [2.24, 2.45) is 5.14 Å². The Balaban J connectivity index is 3.25. The number of aryl methyl sites for hydroxylation is 1. The van der Waals surface area contributed by atoms with Gasteiger partial charge in [-0.25, -0.2) is 4.98 Å². The number of hydrogen-bond donors (Lipinski definition) is 1. The Hall–Kier alpha value is -0.550. The lowest BCUT2D eigenvalue weighted by atomic mass is 9.97. The van der Waals surface area contributed by atoms with Gasteiger partial charge in [0.25, 0.3) is 0 Å². The smallest absolute Gasteiger partial charge is 0.158 e. The molecule has 0 aliphatic rings. The summed E-state index contributed by atoms with van der Waals surface area (Å²) in [5.41, 5.74) is 3.17. The highest BCUT2D eigenvalue weighted by molar-refractivity contribution is 7.90. The van der Waals surface area contributed by atoms with Crippen molar-refractivity contribution in [3.05, 3.63) is 34.6 Å². The second-order valence-electron chi connectivity index (χ2n) is 4.75. The molecule has 0 spiro atoms. The standard InChI is InChI=1S/C13H19ClN2OS/c1-5-10(7-13(3,4)18(15)17)11-6-12(14)16-8-9(11)2/h6-8H,5,15H2,1-4H3. The Bertz CT molecular complexity index is 458. The van der Waals surface area contributed by atoms with Gasteiger partial charge in [-0.2, -0.15) is 5.14 Å². The first-order valence-corrected chi connectivity index (χ1v) is 7.37. The number of pyridine rings is 1. The van der Waals surface area contributed by atoms with Gasteiger partial charge in [-0.3, -0.25) is 0 Å². The van der Waals surface area contributed by atoms with Gasteiger partial charge in [0.05, 0.1) is 0 Å². The highest BCUT2D eigenvalue weighted by Crippen LogP contribution is 2.28. The molecule has 18 heavy (non-hydrogen) atoms. The lowest BCUT2D eigenvalue weighted by molar-refractivity contribution is 0.573. The fourth-order valence-electron chi connectivity index (χ4n) is 1.69. The van der Waals surface area contributed by atoms with Crippen molar-refractivity contribution in [2.45, 2.75) is 38.9 Å². The van der Waals surface area contributed by atoms with E-state index in [9.17, 15) is 4.55 Å². The summed E-state index contributed by atoms with van der Waals surface area (Å²) in [4.78, 5) is 4.04. The van der Waals surface area contributed by atoms with Crippen molar-refractivity contribution in [3.8, 4) is 0 Å². The summed E-state index contributed by atoms with van der Waals surface area (Å²) in [7, 11) is 0. The van der Waals surface area contributed by atoms with Crippen molar-refractivity contribution >= 4 is 28.5 Å². The van der Waals surface area contributed by atoms with Crippen LogP contribution in [0.25, 0.3) is 5.57 Å². The lowest BCUT2D eigenvalue weighted by Gasteiger charge is -2.22. The Morgan fingerprint density at radius 2 is 2.22 bits per heavy atom. The van der Waals surface area contributed by atoms with Crippen LogP contribution in [0, 0.1) is 6.92 Å². The highest BCUT2D eigenvalue weighted by Gasteiger charge is 2.27. The van der Waals surface area contributed by atoms with Crippen LogP contribution in [0.3, 0.4) is 0 Å². The molecule has 0 amide bonds. The molecule has 1 atom stereocenters. The average molecular weight is 287 g/mol. The van der Waals surface area contributed by atoms with Gasteiger partial charge in [0.1, 0.15) is 5.15 Å². The second-order valence-corrected chi connectivity index (χ2v) is 6.78. The normalized spacial score (nSPS) is 14.7. The molecule has 5 heteroatoms. The predicted octanol–water partition coefficient (Wildman–Crippen LogP) is 3.24. The van der Waals surface area contributed by atoms with Gasteiger partial charge < -0.3 is 4.55 Å². The molecule has 0 saturated heterocycles. The van der Waals surface area contributed by atoms with Gasteiger partial charge >= 0.3 is 0 Å². The van der Waals surface area contributed by atoms with E-state index >= 15 is 0 Å². The van der Waals surface area contributed by atoms with E-state index in [-0.39, 0.29) is 0 Å². The van der Waals surface area contributed by atoms with Crippen molar-refractivity contribution in [1.29, 1.82) is 0 Å². The number of nitrogens with two attached hydrogens (primary N) is 1. The molecule has 0 bridgehead atoms. The summed E-state index contributed by atoms with van der Waals surface area (Å²) in [5.74, 6) is 0. The van der Waals surface area contributed by atoms with Gasteiger partial charge in [-0.15, -0.1) is 0 Å². The first-order chi connectivity index (χ1) is 8.27. The van der Waals surface area contributed by atoms with E-state index in [1.165, 1.54) is 0 Å². The third-order valence-corrected chi connectivity index (χ3v) is 4.20. The van der Waals surface area contributed by atoms with Crippen LogP contribution < -0.4 is 5.14 Å². The maximum atomic E-state index is 11.5. The zero-order valence-corrected chi connectivity index (χ0v) is 12.7. The van der Waals surface area contributed by atoms with E-state index in [2.05, 4.69) is 11.9 Å². The van der Waals surface area contributed by atoms with E-state index in [0.29, 0.717) is 5.15 Å². The minimum Gasteiger partial charge on any atom is -0.598 e. The van der Waals surface area contributed by atoms with Crippen molar-refractivity contribution in [1.82, 2.24) is 4.98 Å². The van der Waals surface area contributed by atoms with Crippen LogP contribution in [0.15, 0.2) is 18.3 Å². The minimum absolute atomic E-state index is 0.460. The SMILES string of the molecule is CCC(=CC(C)(C)[S+](N)[O-])c1cc(Cl)ncc1C. The molecular formula is C13H19ClN2OS. The summed E-state index contributed by atoms with van der Waals surface area (Å²) in [6, 6.07) is 1.84. The monoisotopic (exact) mass is 286 g/mol. The molecule has 0 saturated carbocycles. The lowest BCUT2D eigenvalue weighted by Crippen LogP contribution is -2.36. The van der Waals surface area contributed by atoms with Gasteiger partial charge in [-0.05, 0) is 56.0 Å². The topological polar surface area (TPSA) is 62.0 Å². The number of halogens is 1. The maximum Gasteiger partial charge on any atom is 0.158 e. The van der Waals surface area contributed by atoms with Gasteiger partial charge in [0.15, 0.2) is 4.75 Å². The van der Waals surface area contributed by atoms with Gasteiger partial charge in [0.2, 0.25) is 0 Å². The fraction of sp³-hybridized carbons (Fsp3) is 0.462. The Labute approximate surface area is 117 Å². The first-order valence-electron chi connectivity index (χ1n) is 5.78. The zero-order valence-electron chi connectivity index (χ0n) is 11.2. The Morgan fingerprint density at radius 3 is 2.72 bits per heavy atom. The van der Waals surface area contributed by atoms with Gasteiger partial charge in [-0.1, -0.05) is 18.5 Å². The molecule has 1 aromatic rings. The molecule has 1 rings (SSSR count). The fourth-order valence-corrected chi connectivity index (χ4v) is 2.11. The summed E-state index contributed by atoms with van der Waals surface area (Å²) in [5, 5.41) is 5.97. The summed E-state index contributed by atoms with van der Waals surface area (Å²) in [6.07, 6.45) is 4.52. The number of nitrogens with zero attached hydrogens (tertiary/aromatic N) is 1. The molecule has 0 aliphatic heterocycles. The van der Waals surface area contributed by atoms with E-state index in [1.54, 1.807) is 6.20 Å². The third kappa shape index (κ3) is 3.72. The quantitative estimate of drug-likeness (QED) is 0.683. The summed E-state index contributed by atoms with van der Waals surface area (Å²) in [6.45, 7) is 7.75. The summed E-state index contributed by atoms with van der Waals surface area (Å²) < 4.78 is 10.9. The van der Waals surface area contributed by atoms with Crippen molar-refractivity contribution in [3.63, 3.8) is 0 Å². The number of allylic oxidation sites excluding steroid dienone is 1. The molecule has 100 valence electrons. The average Bonchev–Trinajstić information content (AvgIpc) is 2.29. The maximum absolute atomic E-state index is 11.5. The van der Waals surface area contributed by atoms with Crippen LogP contribution in [-0.2, 0) is 11.4 Å². The molecule has 1 aromatic heterocycles. The molecule has 2 N–H and O–H groups in total. The van der Waals surface area contributed by atoms with Crippen LogP contribution in [0.4, 0.5) is 0 Å². The molecule has 0 aliphatic carbocycles. The molecule has 0 radical (unpaired) electrons. The Kier molecular flexibility index (Phi) is 5.22. The minimum atomic E-state index is -1.41. The van der Waals surface area contributed by atoms with Crippen LogP contribution in [0.1, 0.15) is 38.3 Å². The molecule has 1 unspecified atom stereocenters. The van der Waals surface area contributed by atoms with Crippen LogP contribution >= 0.6 is 11.6 Å². The van der Waals surface area contributed by atoms with Crippen LogP contribution in [0.2, 0.25) is 5.15 Å². The molecule has 0 aromatic carbocycles. The largest absolute Gasteiger partial charge is 0.598 e.